The molecule has 2 aromatic rings. The van der Waals surface area contributed by atoms with Crippen LogP contribution < -0.4 is 10.9 Å². The number of nitrogens with one attached hydrogen (secondary N) is 3. The monoisotopic (exact) mass is 402 g/mol. The number of carbonyl (C=O) groups is 1. The van der Waals surface area contributed by atoms with Crippen LogP contribution in [0.5, 0.6) is 0 Å². The van der Waals surface area contributed by atoms with Crippen molar-refractivity contribution >= 4 is 16.9 Å². The second kappa shape index (κ2) is 9.52. The zero-order chi connectivity index (χ0) is 21.0. The SMILES string of the molecule is CCN(CC)CC(=O)N[C@@H]1CCCC[C@H]1Cc1nc2c(C(C)C)[nH]nc2c(=O)[nH]1. The van der Waals surface area contributed by atoms with Gasteiger partial charge in [-0.15, -0.1) is 0 Å². The number of nitrogens with zero attached hydrogens (tertiary/aromatic N) is 3. The van der Waals surface area contributed by atoms with Gasteiger partial charge in [-0.1, -0.05) is 40.5 Å². The van der Waals surface area contributed by atoms with E-state index >= 15 is 0 Å². The van der Waals surface area contributed by atoms with Crippen LogP contribution in [0.1, 0.15) is 70.8 Å². The number of amides is 1. The van der Waals surface area contributed by atoms with Crippen molar-refractivity contribution in [3.05, 3.63) is 21.9 Å². The van der Waals surface area contributed by atoms with E-state index in [0.29, 0.717) is 29.8 Å². The van der Waals surface area contributed by atoms with E-state index in [1.165, 1.54) is 0 Å². The van der Waals surface area contributed by atoms with Crippen LogP contribution in [0.25, 0.3) is 11.0 Å². The van der Waals surface area contributed by atoms with Crippen LogP contribution in [-0.2, 0) is 11.2 Å². The van der Waals surface area contributed by atoms with E-state index in [4.69, 9.17) is 4.98 Å². The Morgan fingerprint density at radius 2 is 1.93 bits per heavy atom. The van der Waals surface area contributed by atoms with Crippen molar-refractivity contribution in [1.29, 1.82) is 0 Å². The molecular formula is C21H34N6O2. The third kappa shape index (κ3) is 5.04. The van der Waals surface area contributed by atoms with Gasteiger partial charge in [0.2, 0.25) is 5.91 Å². The van der Waals surface area contributed by atoms with Gasteiger partial charge in [0, 0.05) is 12.5 Å². The summed E-state index contributed by atoms with van der Waals surface area (Å²) in [5, 5.41) is 10.3. The summed E-state index contributed by atoms with van der Waals surface area (Å²) in [6.45, 7) is 10.4. The fourth-order valence-corrected chi connectivity index (χ4v) is 4.27. The number of aromatic nitrogens is 4. The second-order valence-electron chi connectivity index (χ2n) is 8.39. The molecule has 2 atom stereocenters. The molecule has 0 radical (unpaired) electrons. The molecule has 1 saturated carbocycles. The van der Waals surface area contributed by atoms with Crippen molar-refractivity contribution in [2.45, 2.75) is 71.8 Å². The Bertz CT molecular complexity index is 883. The summed E-state index contributed by atoms with van der Waals surface area (Å²) in [4.78, 5) is 34.7. The molecule has 29 heavy (non-hydrogen) atoms. The molecule has 0 spiro atoms. The predicted molar refractivity (Wildman–Crippen MR) is 114 cm³/mol. The zero-order valence-electron chi connectivity index (χ0n) is 18.0. The third-order valence-corrected chi connectivity index (χ3v) is 6.04. The molecule has 2 aromatic heterocycles. The van der Waals surface area contributed by atoms with E-state index in [2.05, 4.69) is 53.1 Å². The quantitative estimate of drug-likeness (QED) is 0.628. The predicted octanol–water partition coefficient (Wildman–Crippen LogP) is 2.33. The lowest BCUT2D eigenvalue weighted by Gasteiger charge is -2.32. The number of H-pyrrole nitrogens is 2. The number of likely N-dealkylation sites (N-methyl/N-ethyl adjacent to an activating group) is 1. The van der Waals surface area contributed by atoms with Gasteiger partial charge in [0.15, 0.2) is 5.52 Å². The molecule has 8 heteroatoms. The molecule has 1 fully saturated rings. The number of rotatable bonds is 8. The minimum Gasteiger partial charge on any atom is -0.352 e. The Balaban J connectivity index is 1.75. The van der Waals surface area contributed by atoms with Gasteiger partial charge in [0.25, 0.3) is 5.56 Å². The Morgan fingerprint density at radius 3 is 2.62 bits per heavy atom. The lowest BCUT2D eigenvalue weighted by atomic mass is 9.82. The van der Waals surface area contributed by atoms with Gasteiger partial charge >= 0.3 is 0 Å². The van der Waals surface area contributed by atoms with E-state index < -0.39 is 0 Å². The molecule has 8 nitrogen and oxygen atoms in total. The fourth-order valence-electron chi connectivity index (χ4n) is 4.27. The molecule has 1 aliphatic carbocycles. The highest BCUT2D eigenvalue weighted by atomic mass is 16.2. The largest absolute Gasteiger partial charge is 0.352 e. The molecule has 1 amide bonds. The summed E-state index contributed by atoms with van der Waals surface area (Å²) in [5.41, 5.74) is 1.72. The van der Waals surface area contributed by atoms with Crippen molar-refractivity contribution in [1.82, 2.24) is 30.4 Å². The summed E-state index contributed by atoms with van der Waals surface area (Å²) in [6.07, 6.45) is 4.92. The number of aromatic amines is 2. The summed E-state index contributed by atoms with van der Waals surface area (Å²) in [6, 6.07) is 0.127. The van der Waals surface area contributed by atoms with Crippen LogP contribution in [-0.4, -0.2) is 56.6 Å². The molecule has 0 aromatic carbocycles. The van der Waals surface area contributed by atoms with Crippen LogP contribution in [0.2, 0.25) is 0 Å². The normalized spacial score (nSPS) is 19.9. The van der Waals surface area contributed by atoms with Crippen molar-refractivity contribution in [2.75, 3.05) is 19.6 Å². The Kier molecular flexibility index (Phi) is 7.05. The van der Waals surface area contributed by atoms with Gasteiger partial charge < -0.3 is 10.3 Å². The number of hydrogen-bond donors (Lipinski definition) is 3. The highest BCUT2D eigenvalue weighted by molar-refractivity contribution is 5.78. The molecule has 2 heterocycles. The van der Waals surface area contributed by atoms with Crippen molar-refractivity contribution in [3.63, 3.8) is 0 Å². The minimum atomic E-state index is -0.203. The molecule has 0 saturated heterocycles. The maximum absolute atomic E-state index is 12.5. The highest BCUT2D eigenvalue weighted by Gasteiger charge is 2.28. The summed E-state index contributed by atoms with van der Waals surface area (Å²) in [7, 11) is 0. The van der Waals surface area contributed by atoms with E-state index in [0.717, 1.165) is 44.5 Å². The second-order valence-corrected chi connectivity index (χ2v) is 8.39. The topological polar surface area (TPSA) is 107 Å². The molecule has 0 bridgehead atoms. The van der Waals surface area contributed by atoms with Crippen molar-refractivity contribution < 1.29 is 4.79 Å². The molecule has 0 unspecified atom stereocenters. The standard InChI is InChI=1S/C21H34N6O2/c1-5-27(6-2)12-17(28)22-15-10-8-7-9-14(15)11-16-23-19-18(13(3)4)25-26-20(19)21(29)24-16/h13-15H,5-12H2,1-4H3,(H,22,28)(H,25,26)(H,23,24,29)/t14-,15+/m0/s1. The van der Waals surface area contributed by atoms with Gasteiger partial charge in [-0.2, -0.15) is 5.10 Å². The number of carbonyl (C=O) groups excluding carboxylic acids is 1. The summed E-state index contributed by atoms with van der Waals surface area (Å²) in [5.74, 6) is 1.25. The lowest BCUT2D eigenvalue weighted by molar-refractivity contribution is -0.123. The average Bonchev–Trinajstić information content (AvgIpc) is 3.12. The van der Waals surface area contributed by atoms with Crippen LogP contribution >= 0.6 is 0 Å². The van der Waals surface area contributed by atoms with Gasteiger partial charge in [0.05, 0.1) is 12.2 Å². The molecule has 3 N–H and O–H groups in total. The first-order valence-corrected chi connectivity index (χ1v) is 10.9. The van der Waals surface area contributed by atoms with Crippen LogP contribution in [0.4, 0.5) is 0 Å². The van der Waals surface area contributed by atoms with Crippen LogP contribution in [0.15, 0.2) is 4.79 Å². The van der Waals surface area contributed by atoms with E-state index in [-0.39, 0.29) is 29.3 Å². The lowest BCUT2D eigenvalue weighted by Crippen LogP contribution is -2.47. The summed E-state index contributed by atoms with van der Waals surface area (Å²) < 4.78 is 0. The van der Waals surface area contributed by atoms with Crippen LogP contribution in [0, 0.1) is 5.92 Å². The van der Waals surface area contributed by atoms with E-state index in [1.54, 1.807) is 0 Å². The molecular weight excluding hydrogens is 368 g/mol. The van der Waals surface area contributed by atoms with Gasteiger partial charge in [-0.25, -0.2) is 4.98 Å². The average molecular weight is 403 g/mol. The fraction of sp³-hybridized carbons (Fsp3) is 0.714. The number of hydrogen-bond acceptors (Lipinski definition) is 5. The first-order valence-electron chi connectivity index (χ1n) is 10.9. The highest BCUT2D eigenvalue weighted by Crippen LogP contribution is 2.27. The van der Waals surface area contributed by atoms with E-state index in [9.17, 15) is 9.59 Å². The Hall–Kier alpha value is -2.22. The smallest absolute Gasteiger partial charge is 0.279 e. The molecule has 3 rings (SSSR count). The van der Waals surface area contributed by atoms with E-state index in [1.807, 2.05) is 0 Å². The number of fused-ring (bicyclic) bond motifs is 1. The summed E-state index contributed by atoms with van der Waals surface area (Å²) >= 11 is 0. The van der Waals surface area contributed by atoms with Crippen LogP contribution in [0.3, 0.4) is 0 Å². The van der Waals surface area contributed by atoms with Gasteiger partial charge in [-0.3, -0.25) is 19.6 Å². The zero-order valence-corrected chi connectivity index (χ0v) is 18.0. The Labute approximate surface area is 171 Å². The van der Waals surface area contributed by atoms with Crippen molar-refractivity contribution in [3.8, 4) is 0 Å². The first kappa shape index (κ1) is 21.5. The molecule has 1 aliphatic rings. The first-order chi connectivity index (χ1) is 13.9. The molecule has 160 valence electrons. The third-order valence-electron chi connectivity index (χ3n) is 6.04. The van der Waals surface area contributed by atoms with Crippen molar-refractivity contribution in [2.24, 2.45) is 5.92 Å². The Morgan fingerprint density at radius 1 is 1.21 bits per heavy atom. The maximum Gasteiger partial charge on any atom is 0.279 e. The maximum atomic E-state index is 12.5. The van der Waals surface area contributed by atoms with Gasteiger partial charge in [-0.05, 0) is 37.8 Å². The molecule has 0 aliphatic heterocycles. The minimum absolute atomic E-state index is 0.0828. The van der Waals surface area contributed by atoms with Gasteiger partial charge in [0.1, 0.15) is 11.3 Å².